The molecule has 0 bridgehead atoms. The summed E-state index contributed by atoms with van der Waals surface area (Å²) in [6.07, 6.45) is 4.64. The Kier molecular flexibility index (Phi) is 3.09. The Bertz CT molecular complexity index is 508. The summed E-state index contributed by atoms with van der Waals surface area (Å²) in [4.78, 5) is 17.4. The van der Waals surface area contributed by atoms with Crippen molar-refractivity contribution in [1.82, 2.24) is 9.55 Å². The van der Waals surface area contributed by atoms with Crippen molar-refractivity contribution in [2.24, 2.45) is 0 Å². The minimum absolute atomic E-state index is 0.188. The van der Waals surface area contributed by atoms with E-state index in [1.807, 2.05) is 24.3 Å². The molecule has 1 amide bonds. The van der Waals surface area contributed by atoms with Crippen LogP contribution in [-0.4, -0.2) is 29.7 Å². The Hall–Kier alpha value is -2.30. The average molecular weight is 231 g/mol. The summed E-state index contributed by atoms with van der Waals surface area (Å²) in [6, 6.07) is 7.17. The van der Waals surface area contributed by atoms with Crippen LogP contribution in [0.5, 0.6) is 5.75 Å². The zero-order valence-electron chi connectivity index (χ0n) is 9.70. The summed E-state index contributed by atoms with van der Waals surface area (Å²) in [5.74, 6) is 0.656. The van der Waals surface area contributed by atoms with Gasteiger partial charge in [0.25, 0.3) is 0 Å². The Morgan fingerprint density at radius 1 is 1.41 bits per heavy atom. The van der Waals surface area contributed by atoms with Gasteiger partial charge in [-0.15, -0.1) is 0 Å². The van der Waals surface area contributed by atoms with Gasteiger partial charge in [-0.05, 0) is 12.1 Å². The summed E-state index contributed by atoms with van der Waals surface area (Å²) < 4.78 is 6.62. The number of carbonyl (C=O) groups is 1. The molecule has 0 aliphatic carbocycles. The molecule has 2 aromatic rings. The minimum Gasteiger partial charge on any atom is -0.495 e. The first kappa shape index (κ1) is 11.2. The lowest BCUT2D eigenvalue weighted by molar-refractivity contribution is 0.248. The zero-order chi connectivity index (χ0) is 12.3. The van der Waals surface area contributed by atoms with Crippen LogP contribution >= 0.6 is 0 Å². The van der Waals surface area contributed by atoms with Gasteiger partial charge in [0.2, 0.25) is 0 Å². The van der Waals surface area contributed by atoms with Gasteiger partial charge in [-0.25, -0.2) is 9.78 Å². The first-order valence-corrected chi connectivity index (χ1v) is 5.13. The second-order valence-electron chi connectivity index (χ2n) is 3.48. The van der Waals surface area contributed by atoms with Crippen molar-refractivity contribution < 1.29 is 9.53 Å². The molecule has 2 rings (SSSR count). The Morgan fingerprint density at radius 2 is 2.18 bits per heavy atom. The van der Waals surface area contributed by atoms with Gasteiger partial charge in [0.15, 0.2) is 0 Å². The molecule has 0 unspecified atom stereocenters. The third-order valence-electron chi connectivity index (χ3n) is 2.46. The zero-order valence-corrected chi connectivity index (χ0v) is 9.70. The Morgan fingerprint density at radius 3 is 2.82 bits per heavy atom. The lowest BCUT2D eigenvalue weighted by Crippen LogP contribution is -2.30. The summed E-state index contributed by atoms with van der Waals surface area (Å²) >= 11 is 0. The predicted molar refractivity (Wildman–Crippen MR) is 64.4 cm³/mol. The molecule has 0 N–H and O–H groups in total. The maximum absolute atomic E-state index is 12.1. The normalized spacial score (nSPS) is 10.0. The molecule has 17 heavy (non-hydrogen) atoms. The van der Waals surface area contributed by atoms with Crippen LogP contribution < -0.4 is 9.64 Å². The molecule has 0 saturated heterocycles. The molecular formula is C12H13N3O2. The summed E-state index contributed by atoms with van der Waals surface area (Å²) in [5.41, 5.74) is 0.716. The first-order chi connectivity index (χ1) is 8.24. The van der Waals surface area contributed by atoms with Gasteiger partial charge in [-0.3, -0.25) is 9.47 Å². The van der Waals surface area contributed by atoms with E-state index in [2.05, 4.69) is 4.98 Å². The fourth-order valence-electron chi connectivity index (χ4n) is 1.56. The molecule has 5 heteroatoms. The highest BCUT2D eigenvalue weighted by Crippen LogP contribution is 2.26. The van der Waals surface area contributed by atoms with Crippen LogP contribution in [0.2, 0.25) is 0 Å². The van der Waals surface area contributed by atoms with Crippen molar-refractivity contribution in [3.05, 3.63) is 43.0 Å². The lowest BCUT2D eigenvalue weighted by atomic mass is 10.3. The first-order valence-electron chi connectivity index (χ1n) is 5.13. The molecule has 5 nitrogen and oxygen atoms in total. The Balaban J connectivity index is 2.31. The van der Waals surface area contributed by atoms with Crippen molar-refractivity contribution in [2.45, 2.75) is 0 Å². The molecule has 0 radical (unpaired) electrons. The number of imidazole rings is 1. The third-order valence-corrected chi connectivity index (χ3v) is 2.46. The number of amides is 1. The third kappa shape index (κ3) is 2.13. The largest absolute Gasteiger partial charge is 0.495 e. The van der Waals surface area contributed by atoms with E-state index in [0.717, 1.165) is 0 Å². The quantitative estimate of drug-likeness (QED) is 0.794. The highest BCUT2D eigenvalue weighted by atomic mass is 16.5. The second-order valence-corrected chi connectivity index (χ2v) is 3.48. The topological polar surface area (TPSA) is 47.4 Å². The monoisotopic (exact) mass is 231 g/mol. The highest BCUT2D eigenvalue weighted by molar-refractivity contribution is 5.94. The average Bonchev–Trinajstić information content (AvgIpc) is 2.90. The number of hydrogen-bond donors (Lipinski definition) is 0. The minimum atomic E-state index is -0.188. The number of ether oxygens (including phenoxy) is 1. The summed E-state index contributed by atoms with van der Waals surface area (Å²) in [5, 5.41) is 0. The number of para-hydroxylation sites is 2. The molecule has 1 aromatic carbocycles. The maximum atomic E-state index is 12.1. The highest BCUT2D eigenvalue weighted by Gasteiger charge is 2.15. The van der Waals surface area contributed by atoms with Gasteiger partial charge in [0.05, 0.1) is 12.8 Å². The van der Waals surface area contributed by atoms with Crippen molar-refractivity contribution in [1.29, 1.82) is 0 Å². The number of anilines is 1. The predicted octanol–water partition coefficient (Wildman–Crippen LogP) is 2.00. The van der Waals surface area contributed by atoms with E-state index in [-0.39, 0.29) is 6.03 Å². The van der Waals surface area contributed by atoms with Gasteiger partial charge in [-0.2, -0.15) is 0 Å². The molecule has 88 valence electrons. The number of carbonyl (C=O) groups excluding carboxylic acids is 1. The van der Waals surface area contributed by atoms with Crippen LogP contribution in [0, 0.1) is 0 Å². The fraction of sp³-hybridized carbons (Fsp3) is 0.167. The van der Waals surface area contributed by atoms with Gasteiger partial charge in [0.1, 0.15) is 12.1 Å². The number of methoxy groups -OCH3 is 1. The second kappa shape index (κ2) is 4.69. The van der Waals surface area contributed by atoms with Crippen molar-refractivity contribution in [3.8, 4) is 5.75 Å². The SMILES string of the molecule is COc1ccccc1N(C)C(=O)n1ccnc1. The standard InChI is InChI=1S/C12H13N3O2/c1-14(12(16)15-8-7-13-9-15)10-5-3-4-6-11(10)17-2/h3-9H,1-2H3. The molecule has 0 aliphatic rings. The molecule has 0 fully saturated rings. The van der Waals surface area contributed by atoms with Crippen LogP contribution in [-0.2, 0) is 0 Å². The lowest BCUT2D eigenvalue weighted by Gasteiger charge is -2.19. The van der Waals surface area contributed by atoms with Crippen LogP contribution in [0.3, 0.4) is 0 Å². The number of hydrogen-bond acceptors (Lipinski definition) is 3. The van der Waals surface area contributed by atoms with Crippen molar-refractivity contribution in [3.63, 3.8) is 0 Å². The van der Waals surface area contributed by atoms with Crippen molar-refractivity contribution >= 4 is 11.7 Å². The van der Waals surface area contributed by atoms with Crippen LogP contribution in [0.25, 0.3) is 0 Å². The van der Waals surface area contributed by atoms with Crippen LogP contribution in [0.1, 0.15) is 0 Å². The fourth-order valence-corrected chi connectivity index (χ4v) is 1.56. The molecule has 0 spiro atoms. The van der Waals surface area contributed by atoms with E-state index >= 15 is 0 Å². The van der Waals surface area contributed by atoms with Gasteiger partial charge in [-0.1, -0.05) is 12.1 Å². The number of aromatic nitrogens is 2. The number of rotatable bonds is 2. The van der Waals surface area contributed by atoms with E-state index in [1.165, 1.54) is 15.8 Å². The van der Waals surface area contributed by atoms with Crippen LogP contribution in [0.15, 0.2) is 43.0 Å². The number of nitrogens with zero attached hydrogens (tertiary/aromatic N) is 3. The van der Waals surface area contributed by atoms with Crippen molar-refractivity contribution in [2.75, 3.05) is 19.1 Å². The van der Waals surface area contributed by atoms with Gasteiger partial charge in [0, 0.05) is 19.4 Å². The molecule has 0 saturated carbocycles. The van der Waals surface area contributed by atoms with E-state index in [9.17, 15) is 4.79 Å². The number of benzene rings is 1. The van der Waals surface area contributed by atoms with E-state index in [1.54, 1.807) is 26.6 Å². The van der Waals surface area contributed by atoms with E-state index in [4.69, 9.17) is 4.74 Å². The molecular weight excluding hydrogens is 218 g/mol. The maximum Gasteiger partial charge on any atom is 0.333 e. The molecule has 0 atom stereocenters. The van der Waals surface area contributed by atoms with Gasteiger partial charge >= 0.3 is 6.03 Å². The molecule has 0 aliphatic heterocycles. The Labute approximate surface area is 99.3 Å². The van der Waals surface area contributed by atoms with E-state index < -0.39 is 0 Å². The van der Waals surface area contributed by atoms with E-state index in [0.29, 0.717) is 11.4 Å². The van der Waals surface area contributed by atoms with Gasteiger partial charge < -0.3 is 4.74 Å². The summed E-state index contributed by atoms with van der Waals surface area (Å²) in [7, 11) is 3.27. The summed E-state index contributed by atoms with van der Waals surface area (Å²) in [6.45, 7) is 0. The molecule has 1 aromatic heterocycles. The molecule has 1 heterocycles. The van der Waals surface area contributed by atoms with Crippen LogP contribution in [0.4, 0.5) is 10.5 Å². The smallest absolute Gasteiger partial charge is 0.333 e.